The molecule has 392 valence electrons. The van der Waals surface area contributed by atoms with E-state index in [1.807, 2.05) is 23.5 Å². The molecule has 13 aromatic carbocycles. The van der Waals surface area contributed by atoms with E-state index in [-0.39, 0.29) is 0 Å². The van der Waals surface area contributed by atoms with Gasteiger partial charge in [0, 0.05) is 36.6 Å². The summed E-state index contributed by atoms with van der Waals surface area (Å²) in [6.45, 7) is 0. The molecule has 0 amide bonds. The van der Waals surface area contributed by atoms with Crippen molar-refractivity contribution in [2.45, 2.75) is 35.8 Å². The van der Waals surface area contributed by atoms with Gasteiger partial charge in [-0.25, -0.2) is 0 Å². The minimum Gasteiger partial charge on any atom is -0.310 e. The Morgan fingerprint density at radius 3 is 0.964 bits per heavy atom. The molecule has 0 aromatic heterocycles. The highest BCUT2D eigenvalue weighted by atomic mass is 32.2. The second-order valence-corrected chi connectivity index (χ2v) is 25.1. The zero-order valence-electron chi connectivity index (χ0n) is 45.7. The molecule has 0 atom stereocenters. The van der Waals surface area contributed by atoms with Gasteiger partial charge in [-0.15, -0.1) is 0 Å². The number of hydrogen-bond donors (Lipinski definition) is 0. The maximum Gasteiger partial charge on any atom is 0.0736 e. The van der Waals surface area contributed by atoms with Gasteiger partial charge < -0.3 is 4.90 Å². The Kier molecular flexibility index (Phi) is 10.4. The molecule has 84 heavy (non-hydrogen) atoms. The van der Waals surface area contributed by atoms with Crippen molar-refractivity contribution in [3.8, 4) is 44.5 Å². The number of fused-ring (bicyclic) bond motifs is 21. The van der Waals surface area contributed by atoms with Crippen LogP contribution in [0, 0.1) is 0 Å². The number of nitrogens with zero attached hydrogens (tertiary/aromatic N) is 1. The fraction of sp³-hybridized carbons (Fsp3) is 0.0370. The molecule has 2 aliphatic heterocycles. The third kappa shape index (κ3) is 6.38. The van der Waals surface area contributed by atoms with Crippen molar-refractivity contribution in [1.82, 2.24) is 0 Å². The molecule has 0 radical (unpaired) electrons. The quantitative estimate of drug-likeness (QED) is 0.163. The number of anilines is 3. The topological polar surface area (TPSA) is 3.24 Å². The molecule has 1 nitrogen and oxygen atoms in total. The SMILES string of the molecule is c1ccc(C2(c3ccccc3)c3ccccc3-c3ccc(-c4cccc(N(c5ccc6c(c5)C5(c7ccccc7Sc7ccccc75)c5ccccc5-6)c5ccc6c(c5)C5(c7ccccc7Sc7ccccc75)c5ccccc5-6)c4)cc32)cc1. The summed E-state index contributed by atoms with van der Waals surface area (Å²) in [6.07, 6.45) is 0. The lowest BCUT2D eigenvalue weighted by Gasteiger charge is -2.40. The van der Waals surface area contributed by atoms with E-state index < -0.39 is 16.2 Å². The van der Waals surface area contributed by atoms with Gasteiger partial charge in [0.15, 0.2) is 0 Å². The molecule has 0 N–H and O–H groups in total. The Labute approximate surface area is 498 Å². The minimum absolute atomic E-state index is 0.520. The number of hydrogen-bond acceptors (Lipinski definition) is 3. The lowest BCUT2D eigenvalue weighted by Crippen LogP contribution is -2.32. The van der Waals surface area contributed by atoms with Crippen LogP contribution in [0.25, 0.3) is 44.5 Å². The van der Waals surface area contributed by atoms with Crippen molar-refractivity contribution in [3.63, 3.8) is 0 Å². The van der Waals surface area contributed by atoms with Crippen molar-refractivity contribution in [2.75, 3.05) is 4.90 Å². The summed E-state index contributed by atoms with van der Waals surface area (Å²) in [4.78, 5) is 7.74. The zero-order valence-corrected chi connectivity index (χ0v) is 47.3. The molecule has 0 unspecified atom stereocenters. The lowest BCUT2D eigenvalue weighted by molar-refractivity contribution is 0.721. The van der Waals surface area contributed by atoms with Gasteiger partial charge in [0.05, 0.1) is 16.2 Å². The maximum atomic E-state index is 2.56. The molecule has 0 bridgehead atoms. The van der Waals surface area contributed by atoms with Crippen molar-refractivity contribution in [1.29, 1.82) is 0 Å². The van der Waals surface area contributed by atoms with Gasteiger partial charge in [0.2, 0.25) is 0 Å². The van der Waals surface area contributed by atoms with Gasteiger partial charge in [-0.3, -0.25) is 0 Å². The second-order valence-electron chi connectivity index (χ2n) is 22.9. The third-order valence-electron chi connectivity index (χ3n) is 19.1. The third-order valence-corrected chi connectivity index (χ3v) is 21.4. The lowest BCUT2D eigenvalue weighted by atomic mass is 9.67. The van der Waals surface area contributed by atoms with Gasteiger partial charge >= 0.3 is 0 Å². The number of benzene rings is 13. The molecule has 13 aromatic rings. The Morgan fingerprint density at radius 1 is 0.202 bits per heavy atom. The summed E-state index contributed by atoms with van der Waals surface area (Å²) in [6, 6.07) is 117. The molecule has 2 spiro atoms. The first kappa shape index (κ1) is 47.9. The monoisotopic (exact) mass is 1100 g/mol. The second kappa shape index (κ2) is 18.2. The van der Waals surface area contributed by atoms with E-state index in [1.54, 1.807) is 0 Å². The van der Waals surface area contributed by atoms with Crippen molar-refractivity contribution in [3.05, 3.63) is 376 Å². The minimum atomic E-state index is -0.545. The molecule has 5 aliphatic rings. The Balaban J connectivity index is 0.891. The van der Waals surface area contributed by atoms with E-state index >= 15 is 0 Å². The van der Waals surface area contributed by atoms with E-state index in [2.05, 4.69) is 314 Å². The van der Waals surface area contributed by atoms with Crippen LogP contribution >= 0.6 is 23.5 Å². The zero-order chi connectivity index (χ0) is 55.1. The van der Waals surface area contributed by atoms with Crippen LogP contribution in [-0.4, -0.2) is 0 Å². The van der Waals surface area contributed by atoms with E-state index in [9.17, 15) is 0 Å². The first-order valence-corrected chi connectivity index (χ1v) is 30.8. The van der Waals surface area contributed by atoms with Gasteiger partial charge in [-0.2, -0.15) is 0 Å². The van der Waals surface area contributed by atoms with Crippen molar-refractivity contribution in [2.24, 2.45) is 0 Å². The fourth-order valence-corrected chi connectivity index (χ4v) is 18.2. The summed E-state index contributed by atoms with van der Waals surface area (Å²) < 4.78 is 0. The molecular weight excluding hydrogens is 1050 g/mol. The molecule has 3 heteroatoms. The number of rotatable bonds is 6. The predicted octanol–water partition coefficient (Wildman–Crippen LogP) is 20.8. The summed E-state index contributed by atoms with van der Waals surface area (Å²) in [5.74, 6) is 0. The van der Waals surface area contributed by atoms with Crippen LogP contribution in [0.2, 0.25) is 0 Å². The first-order valence-electron chi connectivity index (χ1n) is 29.1. The van der Waals surface area contributed by atoms with Crippen LogP contribution in [0.4, 0.5) is 17.1 Å². The van der Waals surface area contributed by atoms with Gasteiger partial charge in [-0.05, 0) is 178 Å². The average molecular weight is 1100 g/mol. The molecule has 0 saturated heterocycles. The van der Waals surface area contributed by atoms with Crippen LogP contribution in [0.1, 0.15) is 66.8 Å². The maximum absolute atomic E-state index is 2.56. The summed E-state index contributed by atoms with van der Waals surface area (Å²) in [7, 11) is 0. The highest BCUT2D eigenvalue weighted by molar-refractivity contribution is 7.99. The van der Waals surface area contributed by atoms with Gasteiger partial charge in [-0.1, -0.05) is 266 Å². The highest BCUT2D eigenvalue weighted by Gasteiger charge is 2.53. The summed E-state index contributed by atoms with van der Waals surface area (Å²) in [5.41, 5.74) is 27.4. The van der Waals surface area contributed by atoms with Crippen LogP contribution in [0.3, 0.4) is 0 Å². The largest absolute Gasteiger partial charge is 0.310 e. The fourth-order valence-electron chi connectivity index (χ4n) is 15.9. The average Bonchev–Trinajstić information content (AvgIpc) is 1.86. The molecule has 3 aliphatic carbocycles. The molecule has 18 rings (SSSR count). The van der Waals surface area contributed by atoms with Crippen molar-refractivity contribution < 1.29 is 0 Å². The molecular formula is C81H51NS2. The Bertz CT molecular complexity index is 4560. The van der Waals surface area contributed by atoms with Crippen molar-refractivity contribution >= 4 is 40.6 Å². The molecule has 2 heterocycles. The van der Waals surface area contributed by atoms with Gasteiger partial charge in [0.25, 0.3) is 0 Å². The predicted molar refractivity (Wildman–Crippen MR) is 347 cm³/mol. The standard InChI is InChI=1S/C81H51NS2/c1-3-23-54(24-4-1)79(55-25-5-2-6-26-55)65-31-10-7-28-59(65)62-45-42-53(49-72(62)79)52-22-21-27-56(48-52)82(57-43-46-63-60-29-8-11-32-66(60)80(73(63)50-57)68-34-13-17-38-75(68)83-76-39-18-14-35-69(76)80)58-44-47-64-61-30-9-12-33-67(61)81(74(64)51-58)70-36-15-19-40-77(70)84-78-41-20-16-37-71(78)81/h1-51H. The highest BCUT2D eigenvalue weighted by Crippen LogP contribution is 2.65. The van der Waals surface area contributed by atoms with Crippen LogP contribution in [-0.2, 0) is 16.2 Å². The molecule has 0 saturated carbocycles. The molecule has 0 fully saturated rings. The van der Waals surface area contributed by atoms with Crippen LogP contribution in [0.15, 0.2) is 329 Å². The van der Waals surface area contributed by atoms with E-state index in [1.165, 1.54) is 125 Å². The van der Waals surface area contributed by atoms with E-state index in [0.29, 0.717) is 0 Å². The van der Waals surface area contributed by atoms with Crippen LogP contribution < -0.4 is 4.90 Å². The summed E-state index contributed by atoms with van der Waals surface area (Å²) in [5, 5.41) is 0. The first-order chi connectivity index (χ1) is 41.6. The normalized spacial score (nSPS) is 14.9. The van der Waals surface area contributed by atoms with E-state index in [4.69, 9.17) is 0 Å². The Morgan fingerprint density at radius 2 is 0.524 bits per heavy atom. The Hall–Kier alpha value is -9.64. The van der Waals surface area contributed by atoms with Gasteiger partial charge in [0.1, 0.15) is 0 Å². The van der Waals surface area contributed by atoms with Crippen LogP contribution in [0.5, 0.6) is 0 Å². The smallest absolute Gasteiger partial charge is 0.0736 e. The summed E-state index contributed by atoms with van der Waals surface area (Å²) >= 11 is 3.78. The van der Waals surface area contributed by atoms with E-state index in [0.717, 1.165) is 22.6 Å².